The Morgan fingerprint density at radius 1 is 1.58 bits per heavy atom. The standard InChI is InChI=1S/C8H15N2O2/c1-7(8(11)9-12)5-4-6-10(2)3/h1,4-6H2,2-3H3,(H-,9,11,12)/q-1. The van der Waals surface area contributed by atoms with E-state index in [-0.39, 0.29) is 0 Å². The lowest BCUT2D eigenvalue weighted by Gasteiger charge is -2.11. The van der Waals surface area contributed by atoms with E-state index in [4.69, 9.17) is 0 Å². The summed E-state index contributed by atoms with van der Waals surface area (Å²) in [6.07, 6.45) is 1.42. The van der Waals surface area contributed by atoms with E-state index < -0.39 is 5.91 Å². The summed E-state index contributed by atoms with van der Waals surface area (Å²) in [5, 5.41) is 9.90. The molecule has 0 atom stereocenters. The molecule has 12 heavy (non-hydrogen) atoms. The first-order chi connectivity index (χ1) is 5.57. The Labute approximate surface area is 72.8 Å². The molecule has 0 aliphatic heterocycles. The monoisotopic (exact) mass is 171 g/mol. The van der Waals surface area contributed by atoms with Crippen LogP contribution < -0.4 is 5.48 Å². The molecule has 4 nitrogen and oxygen atoms in total. The molecular formula is C8H15N2O2-. The molecule has 0 aromatic heterocycles. The van der Waals surface area contributed by atoms with Gasteiger partial charge < -0.3 is 15.6 Å². The number of hydroxylamine groups is 1. The van der Waals surface area contributed by atoms with E-state index in [0.717, 1.165) is 13.0 Å². The summed E-state index contributed by atoms with van der Waals surface area (Å²) < 4.78 is 0. The second-order valence-corrected chi connectivity index (χ2v) is 2.94. The van der Waals surface area contributed by atoms with Crippen molar-refractivity contribution in [3.8, 4) is 0 Å². The van der Waals surface area contributed by atoms with Gasteiger partial charge in [-0.1, -0.05) is 6.58 Å². The van der Waals surface area contributed by atoms with Crippen molar-refractivity contribution in [3.05, 3.63) is 17.4 Å². The average molecular weight is 171 g/mol. The van der Waals surface area contributed by atoms with Gasteiger partial charge in [-0.25, -0.2) is 0 Å². The number of hydrogen-bond donors (Lipinski definition) is 1. The smallest absolute Gasteiger partial charge is 0.236 e. The molecule has 70 valence electrons. The number of amides is 1. The van der Waals surface area contributed by atoms with Crippen molar-refractivity contribution < 1.29 is 4.79 Å². The van der Waals surface area contributed by atoms with Crippen LogP contribution in [-0.2, 0) is 4.79 Å². The van der Waals surface area contributed by atoms with Crippen LogP contribution in [0.1, 0.15) is 12.8 Å². The molecule has 0 fully saturated rings. The van der Waals surface area contributed by atoms with E-state index in [2.05, 4.69) is 6.58 Å². The van der Waals surface area contributed by atoms with Crippen molar-refractivity contribution in [1.29, 1.82) is 0 Å². The highest BCUT2D eigenvalue weighted by Gasteiger charge is 2.01. The van der Waals surface area contributed by atoms with E-state index >= 15 is 0 Å². The van der Waals surface area contributed by atoms with E-state index in [1.54, 1.807) is 0 Å². The first-order valence-electron chi connectivity index (χ1n) is 3.83. The van der Waals surface area contributed by atoms with Crippen molar-refractivity contribution in [1.82, 2.24) is 10.4 Å². The Balaban J connectivity index is 3.51. The summed E-state index contributed by atoms with van der Waals surface area (Å²) in [5.41, 5.74) is 1.65. The van der Waals surface area contributed by atoms with Crippen molar-refractivity contribution in [3.63, 3.8) is 0 Å². The van der Waals surface area contributed by atoms with Crippen molar-refractivity contribution in [2.24, 2.45) is 0 Å². The second kappa shape index (κ2) is 5.74. The van der Waals surface area contributed by atoms with Gasteiger partial charge in [0.15, 0.2) is 0 Å². The summed E-state index contributed by atoms with van der Waals surface area (Å²) in [6, 6.07) is 0. The third-order valence-corrected chi connectivity index (χ3v) is 1.50. The van der Waals surface area contributed by atoms with E-state index in [9.17, 15) is 10.0 Å². The number of hydrogen-bond acceptors (Lipinski definition) is 3. The van der Waals surface area contributed by atoms with Crippen LogP contribution in [0.2, 0.25) is 0 Å². The molecule has 0 spiro atoms. The van der Waals surface area contributed by atoms with Crippen LogP contribution in [0.3, 0.4) is 0 Å². The normalized spacial score (nSPS) is 10.0. The summed E-state index contributed by atoms with van der Waals surface area (Å²) in [4.78, 5) is 12.7. The van der Waals surface area contributed by atoms with Gasteiger partial charge in [-0.2, -0.15) is 0 Å². The van der Waals surface area contributed by atoms with Gasteiger partial charge in [0, 0.05) is 5.57 Å². The van der Waals surface area contributed by atoms with Gasteiger partial charge in [-0.15, -0.1) is 0 Å². The molecule has 1 amide bonds. The highest BCUT2D eigenvalue weighted by molar-refractivity contribution is 5.92. The quantitative estimate of drug-likeness (QED) is 0.484. The number of nitrogens with zero attached hydrogens (tertiary/aromatic N) is 1. The number of carbonyl (C=O) groups is 1. The Bertz CT molecular complexity index is 166. The lowest BCUT2D eigenvalue weighted by atomic mass is 10.1. The highest BCUT2D eigenvalue weighted by Crippen LogP contribution is 2.02. The number of carbonyl (C=O) groups excluding carboxylic acids is 1. The summed E-state index contributed by atoms with van der Waals surface area (Å²) in [5.74, 6) is -0.603. The van der Waals surface area contributed by atoms with E-state index in [0.29, 0.717) is 12.0 Å². The van der Waals surface area contributed by atoms with Gasteiger partial charge >= 0.3 is 0 Å². The highest BCUT2D eigenvalue weighted by atomic mass is 16.5. The molecule has 0 aliphatic rings. The molecule has 0 radical (unpaired) electrons. The van der Waals surface area contributed by atoms with Gasteiger partial charge in [0.1, 0.15) is 0 Å². The molecule has 0 saturated heterocycles. The van der Waals surface area contributed by atoms with Gasteiger partial charge in [0.05, 0.1) is 0 Å². The van der Waals surface area contributed by atoms with Crippen LogP contribution in [0.25, 0.3) is 0 Å². The van der Waals surface area contributed by atoms with Crippen molar-refractivity contribution in [2.75, 3.05) is 20.6 Å². The topological polar surface area (TPSA) is 55.4 Å². The number of nitrogens with one attached hydrogen (secondary N) is 1. The molecule has 0 rings (SSSR count). The zero-order valence-corrected chi connectivity index (χ0v) is 7.59. The molecule has 0 aromatic rings. The predicted octanol–water partition coefficient (Wildman–Crippen LogP) is 0.498. The second-order valence-electron chi connectivity index (χ2n) is 2.94. The molecule has 0 aliphatic carbocycles. The summed E-state index contributed by atoms with van der Waals surface area (Å²) in [6.45, 7) is 4.39. The molecule has 0 unspecified atom stereocenters. The third kappa shape index (κ3) is 4.87. The van der Waals surface area contributed by atoms with Crippen LogP contribution in [0.4, 0.5) is 0 Å². The van der Waals surface area contributed by atoms with Gasteiger partial charge in [-0.05, 0) is 33.5 Å². The molecule has 4 heteroatoms. The van der Waals surface area contributed by atoms with E-state index in [1.807, 2.05) is 19.0 Å². The van der Waals surface area contributed by atoms with Crippen molar-refractivity contribution in [2.45, 2.75) is 12.8 Å². The minimum absolute atomic E-state index is 0.354. The third-order valence-electron chi connectivity index (χ3n) is 1.50. The minimum atomic E-state index is -0.603. The SMILES string of the molecule is C=C(CCCN(C)C)C(=O)N[O-]. The Morgan fingerprint density at radius 2 is 2.17 bits per heavy atom. The summed E-state index contributed by atoms with van der Waals surface area (Å²) >= 11 is 0. The van der Waals surface area contributed by atoms with Crippen LogP contribution in [0.5, 0.6) is 0 Å². The van der Waals surface area contributed by atoms with Crippen LogP contribution in [0.15, 0.2) is 12.2 Å². The average Bonchev–Trinajstić information content (AvgIpc) is 2.02. The molecule has 0 aromatic carbocycles. The van der Waals surface area contributed by atoms with Crippen LogP contribution in [0, 0.1) is 5.21 Å². The van der Waals surface area contributed by atoms with Gasteiger partial charge in [0.2, 0.25) is 5.91 Å². The Kier molecular flexibility index (Phi) is 5.32. The molecule has 1 N–H and O–H groups in total. The first-order valence-corrected chi connectivity index (χ1v) is 3.83. The maximum Gasteiger partial charge on any atom is 0.236 e. The molecule has 0 saturated carbocycles. The lowest BCUT2D eigenvalue weighted by molar-refractivity contribution is -0.116. The van der Waals surface area contributed by atoms with Crippen molar-refractivity contribution >= 4 is 5.91 Å². The largest absolute Gasteiger partial charge is 0.759 e. The lowest BCUT2D eigenvalue weighted by Crippen LogP contribution is -2.19. The zero-order valence-electron chi connectivity index (χ0n) is 7.59. The van der Waals surface area contributed by atoms with E-state index in [1.165, 1.54) is 5.48 Å². The van der Waals surface area contributed by atoms with Crippen LogP contribution >= 0.6 is 0 Å². The summed E-state index contributed by atoms with van der Waals surface area (Å²) in [7, 11) is 3.91. The fraction of sp³-hybridized carbons (Fsp3) is 0.625. The number of rotatable bonds is 5. The Morgan fingerprint density at radius 3 is 2.58 bits per heavy atom. The minimum Gasteiger partial charge on any atom is -0.759 e. The van der Waals surface area contributed by atoms with Gasteiger partial charge in [0.25, 0.3) is 0 Å². The van der Waals surface area contributed by atoms with Gasteiger partial charge in [-0.3, -0.25) is 4.79 Å². The molecular weight excluding hydrogens is 156 g/mol. The fourth-order valence-electron chi connectivity index (χ4n) is 0.794. The fourth-order valence-corrected chi connectivity index (χ4v) is 0.794. The molecule has 0 heterocycles. The zero-order chi connectivity index (χ0) is 9.56. The Hall–Kier alpha value is -0.870. The maximum absolute atomic E-state index is 10.7. The predicted molar refractivity (Wildman–Crippen MR) is 48.4 cm³/mol. The van der Waals surface area contributed by atoms with Crippen LogP contribution in [-0.4, -0.2) is 31.4 Å². The maximum atomic E-state index is 10.7. The molecule has 0 bridgehead atoms. The first kappa shape index (κ1) is 11.1.